The van der Waals surface area contributed by atoms with E-state index in [0.29, 0.717) is 17.9 Å². The standard InChI is InChI=1S/C17H26N2O3S/c1-13-11-15(14(2)22-13)16(20)18-12-17(3-9-23-10-4-17)19-5-7-21-8-6-19/h11H,3-10,12H2,1-2H3,(H,18,20). The Morgan fingerprint density at radius 1 is 1.30 bits per heavy atom. The van der Waals surface area contributed by atoms with Crippen molar-refractivity contribution < 1.29 is 13.9 Å². The molecule has 128 valence electrons. The summed E-state index contributed by atoms with van der Waals surface area (Å²) in [6.45, 7) is 7.94. The van der Waals surface area contributed by atoms with E-state index in [1.807, 2.05) is 31.7 Å². The molecular weight excluding hydrogens is 312 g/mol. The Kier molecular flexibility index (Phi) is 5.34. The molecule has 1 amide bonds. The van der Waals surface area contributed by atoms with Crippen LogP contribution in [-0.4, -0.2) is 60.7 Å². The zero-order valence-corrected chi connectivity index (χ0v) is 14.8. The van der Waals surface area contributed by atoms with Crippen molar-refractivity contribution in [3.8, 4) is 0 Å². The molecule has 0 unspecified atom stereocenters. The zero-order valence-electron chi connectivity index (χ0n) is 14.0. The summed E-state index contributed by atoms with van der Waals surface area (Å²) in [6, 6.07) is 1.82. The van der Waals surface area contributed by atoms with E-state index in [0.717, 1.165) is 56.4 Å². The Balaban J connectivity index is 1.68. The van der Waals surface area contributed by atoms with Gasteiger partial charge >= 0.3 is 0 Å². The van der Waals surface area contributed by atoms with Crippen LogP contribution in [0.25, 0.3) is 0 Å². The number of amides is 1. The summed E-state index contributed by atoms with van der Waals surface area (Å²) in [5, 5.41) is 3.17. The van der Waals surface area contributed by atoms with Crippen LogP contribution in [0.2, 0.25) is 0 Å². The molecule has 2 saturated heterocycles. The third kappa shape index (κ3) is 3.75. The van der Waals surface area contributed by atoms with Crippen LogP contribution < -0.4 is 5.32 Å². The summed E-state index contributed by atoms with van der Waals surface area (Å²) in [6.07, 6.45) is 2.25. The number of rotatable bonds is 4. The van der Waals surface area contributed by atoms with Gasteiger partial charge in [-0.1, -0.05) is 0 Å². The lowest BCUT2D eigenvalue weighted by molar-refractivity contribution is -0.0255. The first-order valence-electron chi connectivity index (χ1n) is 8.36. The van der Waals surface area contributed by atoms with Gasteiger partial charge in [-0.2, -0.15) is 11.8 Å². The van der Waals surface area contributed by atoms with Crippen LogP contribution in [0.5, 0.6) is 0 Å². The third-order valence-corrected chi connectivity index (χ3v) is 5.95. The number of nitrogens with one attached hydrogen (secondary N) is 1. The topological polar surface area (TPSA) is 54.7 Å². The number of nitrogens with zero attached hydrogens (tertiary/aromatic N) is 1. The van der Waals surface area contributed by atoms with Crippen LogP contribution in [0.15, 0.2) is 10.5 Å². The molecule has 1 N–H and O–H groups in total. The number of carbonyl (C=O) groups excluding carboxylic acids is 1. The molecule has 2 aliphatic heterocycles. The molecule has 2 aliphatic rings. The number of thioether (sulfide) groups is 1. The molecular formula is C17H26N2O3S. The van der Waals surface area contributed by atoms with Crippen molar-refractivity contribution in [1.82, 2.24) is 10.2 Å². The summed E-state index contributed by atoms with van der Waals surface area (Å²) in [7, 11) is 0. The number of aryl methyl sites for hydroxylation is 2. The number of ether oxygens (including phenoxy) is 1. The maximum absolute atomic E-state index is 12.5. The number of furan rings is 1. The fourth-order valence-corrected chi connectivity index (χ4v) is 4.84. The molecule has 0 radical (unpaired) electrons. The smallest absolute Gasteiger partial charge is 0.254 e. The van der Waals surface area contributed by atoms with E-state index in [1.165, 1.54) is 0 Å². The molecule has 0 atom stereocenters. The number of hydrogen-bond acceptors (Lipinski definition) is 5. The van der Waals surface area contributed by atoms with Crippen molar-refractivity contribution in [2.24, 2.45) is 0 Å². The summed E-state index contributed by atoms with van der Waals surface area (Å²) in [5.74, 6) is 3.78. The molecule has 5 nitrogen and oxygen atoms in total. The second-order valence-corrected chi connectivity index (χ2v) is 7.67. The number of hydrogen-bond donors (Lipinski definition) is 1. The molecule has 0 aromatic carbocycles. The van der Waals surface area contributed by atoms with Crippen molar-refractivity contribution in [1.29, 1.82) is 0 Å². The average molecular weight is 338 g/mol. The van der Waals surface area contributed by atoms with Gasteiger partial charge in [0, 0.05) is 25.2 Å². The fourth-order valence-electron chi connectivity index (χ4n) is 3.59. The van der Waals surface area contributed by atoms with Gasteiger partial charge in [0.1, 0.15) is 11.5 Å². The monoisotopic (exact) mass is 338 g/mol. The minimum Gasteiger partial charge on any atom is -0.466 e. The van der Waals surface area contributed by atoms with Gasteiger partial charge in [-0.25, -0.2) is 0 Å². The first-order chi connectivity index (χ1) is 11.1. The average Bonchev–Trinajstić information content (AvgIpc) is 2.93. The highest BCUT2D eigenvalue weighted by Crippen LogP contribution is 2.33. The molecule has 6 heteroatoms. The fraction of sp³-hybridized carbons (Fsp3) is 0.706. The van der Waals surface area contributed by atoms with Crippen molar-refractivity contribution >= 4 is 17.7 Å². The summed E-state index contributed by atoms with van der Waals surface area (Å²) in [4.78, 5) is 15.1. The molecule has 0 spiro atoms. The maximum Gasteiger partial charge on any atom is 0.254 e. The van der Waals surface area contributed by atoms with Gasteiger partial charge < -0.3 is 14.5 Å². The lowest BCUT2D eigenvalue weighted by Gasteiger charge is -2.48. The highest BCUT2D eigenvalue weighted by molar-refractivity contribution is 7.99. The lowest BCUT2D eigenvalue weighted by atomic mass is 9.89. The Labute approximate surface area is 142 Å². The second kappa shape index (κ2) is 7.28. The minimum absolute atomic E-state index is 0.0230. The maximum atomic E-state index is 12.5. The summed E-state index contributed by atoms with van der Waals surface area (Å²) < 4.78 is 11.0. The highest BCUT2D eigenvalue weighted by atomic mass is 32.2. The van der Waals surface area contributed by atoms with Gasteiger partial charge in [0.2, 0.25) is 0 Å². The minimum atomic E-state index is -0.0230. The van der Waals surface area contributed by atoms with E-state index in [1.54, 1.807) is 0 Å². The van der Waals surface area contributed by atoms with Crippen LogP contribution >= 0.6 is 11.8 Å². The number of carbonyl (C=O) groups is 1. The normalized spacial score (nSPS) is 22.0. The first kappa shape index (κ1) is 16.9. The van der Waals surface area contributed by atoms with Crippen molar-refractivity contribution in [3.63, 3.8) is 0 Å². The van der Waals surface area contributed by atoms with Gasteiger partial charge in [-0.3, -0.25) is 9.69 Å². The van der Waals surface area contributed by atoms with Crippen molar-refractivity contribution in [2.75, 3.05) is 44.4 Å². The van der Waals surface area contributed by atoms with Crippen molar-refractivity contribution in [2.45, 2.75) is 32.2 Å². The van der Waals surface area contributed by atoms with Crippen molar-refractivity contribution in [3.05, 3.63) is 23.2 Å². The van der Waals surface area contributed by atoms with E-state index >= 15 is 0 Å². The highest BCUT2D eigenvalue weighted by Gasteiger charge is 2.39. The van der Waals surface area contributed by atoms with Crippen LogP contribution in [0.4, 0.5) is 0 Å². The van der Waals surface area contributed by atoms with Crippen LogP contribution in [-0.2, 0) is 4.74 Å². The lowest BCUT2D eigenvalue weighted by Crippen LogP contribution is -2.60. The Bertz CT molecular complexity index is 546. The zero-order chi connectivity index (χ0) is 16.3. The summed E-state index contributed by atoms with van der Waals surface area (Å²) >= 11 is 2.01. The second-order valence-electron chi connectivity index (χ2n) is 6.45. The van der Waals surface area contributed by atoms with Gasteiger partial charge in [0.25, 0.3) is 5.91 Å². The first-order valence-corrected chi connectivity index (χ1v) is 9.52. The largest absolute Gasteiger partial charge is 0.466 e. The van der Waals surface area contributed by atoms with Crippen LogP contribution in [0.1, 0.15) is 34.7 Å². The van der Waals surface area contributed by atoms with Crippen LogP contribution in [0.3, 0.4) is 0 Å². The van der Waals surface area contributed by atoms with Crippen LogP contribution in [0, 0.1) is 13.8 Å². The SMILES string of the molecule is Cc1cc(C(=O)NCC2(N3CCOCC3)CCSCC2)c(C)o1. The molecule has 23 heavy (non-hydrogen) atoms. The van der Waals surface area contributed by atoms with Gasteiger partial charge in [0.05, 0.1) is 18.8 Å². The molecule has 0 saturated carbocycles. The quantitative estimate of drug-likeness (QED) is 0.912. The van der Waals surface area contributed by atoms with E-state index in [2.05, 4.69) is 10.2 Å². The number of morpholine rings is 1. The predicted octanol–water partition coefficient (Wildman–Crippen LogP) is 2.22. The Morgan fingerprint density at radius 3 is 2.61 bits per heavy atom. The molecule has 1 aromatic rings. The van der Waals surface area contributed by atoms with E-state index in [4.69, 9.17) is 9.15 Å². The van der Waals surface area contributed by atoms with E-state index in [-0.39, 0.29) is 11.4 Å². The molecule has 3 heterocycles. The van der Waals surface area contributed by atoms with Gasteiger partial charge in [-0.15, -0.1) is 0 Å². The van der Waals surface area contributed by atoms with Gasteiger partial charge in [0.15, 0.2) is 0 Å². The predicted molar refractivity (Wildman–Crippen MR) is 92.2 cm³/mol. The molecule has 3 rings (SSSR count). The van der Waals surface area contributed by atoms with E-state index in [9.17, 15) is 4.79 Å². The summed E-state index contributed by atoms with van der Waals surface area (Å²) in [5.41, 5.74) is 0.738. The molecule has 0 aliphatic carbocycles. The molecule has 0 bridgehead atoms. The molecule has 2 fully saturated rings. The Hall–Kier alpha value is -0.980. The van der Waals surface area contributed by atoms with Gasteiger partial charge in [-0.05, 0) is 44.3 Å². The van der Waals surface area contributed by atoms with E-state index < -0.39 is 0 Å². The third-order valence-electron chi connectivity index (χ3n) is 4.97. The Morgan fingerprint density at radius 2 is 2.00 bits per heavy atom. The molecule has 1 aromatic heterocycles.